The summed E-state index contributed by atoms with van der Waals surface area (Å²) in [6.07, 6.45) is 0. The van der Waals surface area contributed by atoms with E-state index in [0.29, 0.717) is 17.5 Å². The largest absolute Gasteiger partial charge is 0.491 e. The summed E-state index contributed by atoms with van der Waals surface area (Å²) in [5, 5.41) is 0. The minimum atomic E-state index is -3.73. The van der Waals surface area contributed by atoms with Gasteiger partial charge in [-0.1, -0.05) is 29.8 Å². The summed E-state index contributed by atoms with van der Waals surface area (Å²) in [6.45, 7) is 2.37. The van der Waals surface area contributed by atoms with Gasteiger partial charge in [0.2, 0.25) is 5.91 Å². The van der Waals surface area contributed by atoms with Crippen molar-refractivity contribution in [2.45, 2.75) is 11.1 Å². The highest BCUT2D eigenvalue weighted by atomic mass is 35.5. The molecule has 1 aromatic heterocycles. The van der Waals surface area contributed by atoms with Crippen LogP contribution in [0.25, 0.3) is 0 Å². The lowest BCUT2D eigenvalue weighted by Gasteiger charge is -2.21. The maximum absolute atomic E-state index is 12.4. The number of benzene rings is 1. The quantitative estimate of drug-likeness (QED) is 0.663. The molecule has 26 heavy (non-hydrogen) atoms. The van der Waals surface area contributed by atoms with Gasteiger partial charge in [-0.3, -0.25) is 4.79 Å². The van der Waals surface area contributed by atoms with Gasteiger partial charge in [0, 0.05) is 14.1 Å². The normalized spacial score (nSPS) is 11.6. The van der Waals surface area contributed by atoms with Gasteiger partial charge in [0.05, 0.1) is 17.4 Å². The van der Waals surface area contributed by atoms with Crippen molar-refractivity contribution in [1.29, 1.82) is 0 Å². The Labute approximate surface area is 163 Å². The molecule has 0 aliphatic heterocycles. The van der Waals surface area contributed by atoms with Crippen LogP contribution < -0.4 is 4.74 Å². The van der Waals surface area contributed by atoms with E-state index in [9.17, 15) is 13.2 Å². The average Bonchev–Trinajstić information content (AvgIpc) is 3.03. The molecule has 2 rings (SSSR count). The standard InChI is InChI=1S/C17H21ClN2O4S2/c1-13-6-4-5-7-14(13)24-11-10-19(2)16(21)12-20(3)26(22,23)17-9-8-15(18)25-17/h4-9H,10-12H2,1-3H3. The molecular weight excluding hydrogens is 396 g/mol. The Kier molecular flexibility index (Phi) is 7.05. The van der Waals surface area contributed by atoms with Crippen LogP contribution in [0.3, 0.4) is 0 Å². The van der Waals surface area contributed by atoms with Crippen LogP contribution in [0.4, 0.5) is 0 Å². The number of rotatable bonds is 8. The first kappa shape index (κ1) is 20.7. The molecule has 6 nitrogen and oxygen atoms in total. The van der Waals surface area contributed by atoms with Crippen molar-refractivity contribution in [3.8, 4) is 5.75 Å². The van der Waals surface area contributed by atoms with E-state index in [-0.39, 0.29) is 16.7 Å². The van der Waals surface area contributed by atoms with Crippen LogP contribution in [-0.4, -0.2) is 57.3 Å². The Bertz CT molecular complexity index is 867. The van der Waals surface area contributed by atoms with Crippen LogP contribution in [0.5, 0.6) is 5.75 Å². The molecule has 1 heterocycles. The summed E-state index contributed by atoms with van der Waals surface area (Å²) in [5.74, 6) is 0.453. The van der Waals surface area contributed by atoms with Crippen LogP contribution in [0.15, 0.2) is 40.6 Å². The zero-order valence-electron chi connectivity index (χ0n) is 14.8. The number of para-hydroxylation sites is 1. The number of thiophene rings is 1. The van der Waals surface area contributed by atoms with Crippen LogP contribution in [0.2, 0.25) is 4.34 Å². The molecule has 1 amide bonds. The second kappa shape index (κ2) is 8.85. The lowest BCUT2D eigenvalue weighted by molar-refractivity contribution is -0.130. The number of halogens is 1. The predicted molar refractivity (Wildman–Crippen MR) is 103 cm³/mol. The molecule has 0 saturated heterocycles. The number of amides is 1. The second-order valence-corrected chi connectivity index (χ2v) is 9.74. The first-order chi connectivity index (χ1) is 12.2. The molecule has 1 aromatic carbocycles. The number of sulfonamides is 1. The summed E-state index contributed by atoms with van der Waals surface area (Å²) in [6, 6.07) is 10.6. The van der Waals surface area contributed by atoms with Gasteiger partial charge in [0.15, 0.2) is 0 Å². The maximum Gasteiger partial charge on any atom is 0.252 e. The molecule has 2 aromatic rings. The molecule has 0 aliphatic rings. The predicted octanol–water partition coefficient (Wildman–Crippen LogP) is 2.87. The van der Waals surface area contributed by atoms with E-state index >= 15 is 0 Å². The van der Waals surface area contributed by atoms with Gasteiger partial charge in [-0.2, -0.15) is 4.31 Å². The summed E-state index contributed by atoms with van der Waals surface area (Å²) in [7, 11) is -0.737. The van der Waals surface area contributed by atoms with Crippen LogP contribution >= 0.6 is 22.9 Å². The highest BCUT2D eigenvalue weighted by molar-refractivity contribution is 7.91. The monoisotopic (exact) mass is 416 g/mol. The van der Waals surface area contributed by atoms with Gasteiger partial charge in [0.25, 0.3) is 10.0 Å². The highest BCUT2D eigenvalue weighted by Crippen LogP contribution is 2.27. The smallest absolute Gasteiger partial charge is 0.252 e. The molecular formula is C17H21ClN2O4S2. The third kappa shape index (κ3) is 5.20. The van der Waals surface area contributed by atoms with E-state index in [1.807, 2.05) is 31.2 Å². The van der Waals surface area contributed by atoms with Crippen molar-refractivity contribution in [2.75, 3.05) is 33.8 Å². The minimum Gasteiger partial charge on any atom is -0.491 e. The SMILES string of the molecule is Cc1ccccc1OCCN(C)C(=O)CN(C)S(=O)(=O)c1ccc(Cl)s1. The van der Waals surface area contributed by atoms with E-state index in [2.05, 4.69) is 0 Å². The molecule has 142 valence electrons. The van der Waals surface area contributed by atoms with Crippen molar-refractivity contribution < 1.29 is 17.9 Å². The first-order valence-electron chi connectivity index (χ1n) is 7.86. The Morgan fingerprint density at radius 3 is 2.50 bits per heavy atom. The van der Waals surface area contributed by atoms with Gasteiger partial charge in [0.1, 0.15) is 16.6 Å². The van der Waals surface area contributed by atoms with Gasteiger partial charge in [-0.15, -0.1) is 11.3 Å². The Balaban J connectivity index is 1.87. The number of aryl methyl sites for hydroxylation is 1. The van der Waals surface area contributed by atoms with E-state index in [4.69, 9.17) is 16.3 Å². The van der Waals surface area contributed by atoms with Crippen LogP contribution in [0.1, 0.15) is 5.56 Å². The third-order valence-corrected chi connectivity index (χ3v) is 7.28. The lowest BCUT2D eigenvalue weighted by Crippen LogP contribution is -2.40. The minimum absolute atomic E-state index is 0.114. The first-order valence-corrected chi connectivity index (χ1v) is 10.5. The number of carbonyl (C=O) groups is 1. The molecule has 0 spiro atoms. The lowest BCUT2D eigenvalue weighted by atomic mass is 10.2. The average molecular weight is 417 g/mol. The summed E-state index contributed by atoms with van der Waals surface area (Å²) < 4.78 is 32.0. The molecule has 0 fully saturated rings. The van der Waals surface area contributed by atoms with Gasteiger partial charge >= 0.3 is 0 Å². The molecule has 0 aliphatic carbocycles. The molecule has 0 N–H and O–H groups in total. The fourth-order valence-corrected chi connectivity index (χ4v) is 4.94. The molecule has 0 radical (unpaired) electrons. The topological polar surface area (TPSA) is 66.9 Å². The fraction of sp³-hybridized carbons (Fsp3) is 0.353. The zero-order chi connectivity index (χ0) is 19.3. The summed E-state index contributed by atoms with van der Waals surface area (Å²) in [4.78, 5) is 13.7. The second-order valence-electron chi connectivity index (χ2n) is 5.75. The number of nitrogens with zero attached hydrogens (tertiary/aromatic N) is 2. The molecule has 0 unspecified atom stereocenters. The fourth-order valence-electron chi connectivity index (χ4n) is 2.12. The van der Waals surface area contributed by atoms with E-state index < -0.39 is 10.0 Å². The number of likely N-dealkylation sites (N-methyl/N-ethyl adjacent to an activating group) is 2. The van der Waals surface area contributed by atoms with Crippen molar-refractivity contribution in [3.05, 3.63) is 46.3 Å². The van der Waals surface area contributed by atoms with Crippen molar-refractivity contribution in [3.63, 3.8) is 0 Å². The van der Waals surface area contributed by atoms with Crippen molar-refractivity contribution >= 4 is 38.9 Å². The summed E-state index contributed by atoms with van der Waals surface area (Å²) >= 11 is 6.75. The van der Waals surface area contributed by atoms with Crippen molar-refractivity contribution in [2.24, 2.45) is 0 Å². The van der Waals surface area contributed by atoms with Gasteiger partial charge in [-0.05, 0) is 30.7 Å². The Hall–Kier alpha value is -1.61. The third-order valence-electron chi connectivity index (χ3n) is 3.77. The Morgan fingerprint density at radius 2 is 1.88 bits per heavy atom. The highest BCUT2D eigenvalue weighted by Gasteiger charge is 2.25. The number of hydrogen-bond acceptors (Lipinski definition) is 5. The van der Waals surface area contributed by atoms with Crippen LogP contribution in [-0.2, 0) is 14.8 Å². The molecule has 0 saturated carbocycles. The molecule has 0 atom stereocenters. The van der Waals surface area contributed by atoms with Crippen LogP contribution in [0, 0.1) is 6.92 Å². The summed E-state index contributed by atoms with van der Waals surface area (Å²) in [5.41, 5.74) is 1.02. The van der Waals surface area contributed by atoms with E-state index in [1.54, 1.807) is 7.05 Å². The molecule has 9 heteroatoms. The van der Waals surface area contributed by atoms with E-state index in [1.165, 1.54) is 24.1 Å². The zero-order valence-corrected chi connectivity index (χ0v) is 17.2. The van der Waals surface area contributed by atoms with Gasteiger partial charge in [-0.25, -0.2) is 8.42 Å². The number of carbonyl (C=O) groups excluding carboxylic acids is 1. The number of ether oxygens (including phenoxy) is 1. The molecule has 0 bridgehead atoms. The van der Waals surface area contributed by atoms with Crippen molar-refractivity contribution in [1.82, 2.24) is 9.21 Å². The van der Waals surface area contributed by atoms with Gasteiger partial charge < -0.3 is 9.64 Å². The van der Waals surface area contributed by atoms with E-state index in [0.717, 1.165) is 27.0 Å². The maximum atomic E-state index is 12.4. The number of hydrogen-bond donors (Lipinski definition) is 0. The Morgan fingerprint density at radius 1 is 1.19 bits per heavy atom.